The average Bonchev–Trinajstić information content (AvgIpc) is 3.20. The fourth-order valence-corrected chi connectivity index (χ4v) is 4.11. The Balaban J connectivity index is 0.00000225. The molecule has 5 heteroatoms. The lowest BCUT2D eigenvalue weighted by atomic mass is 9.84. The van der Waals surface area contributed by atoms with Crippen LogP contribution in [0.5, 0.6) is 5.75 Å². The van der Waals surface area contributed by atoms with Gasteiger partial charge in [0.05, 0.1) is 13.2 Å². The second-order valence-corrected chi connectivity index (χ2v) is 7.50. The van der Waals surface area contributed by atoms with Crippen molar-refractivity contribution in [2.24, 2.45) is 5.92 Å². The van der Waals surface area contributed by atoms with Crippen LogP contribution in [0.15, 0.2) is 54.6 Å². The molecule has 0 aliphatic carbocycles. The molecule has 4 rings (SSSR count). The first-order valence-corrected chi connectivity index (χ1v) is 9.91. The number of hydrogen-bond donors (Lipinski definition) is 1. The number of halogens is 1. The fraction of sp³-hybridized carbons (Fsp3) is 0.435. The Hall–Kier alpha value is -1.88. The van der Waals surface area contributed by atoms with Crippen LogP contribution in [0.1, 0.15) is 29.9 Å². The van der Waals surface area contributed by atoms with Crippen LogP contribution in [0.4, 0.5) is 0 Å². The maximum Gasteiger partial charge on any atom is 0.142 e. The Bertz CT molecular complexity index is 761. The van der Waals surface area contributed by atoms with E-state index in [9.17, 15) is 4.79 Å². The van der Waals surface area contributed by atoms with Gasteiger partial charge in [0.25, 0.3) is 0 Å². The summed E-state index contributed by atoms with van der Waals surface area (Å²) in [7, 11) is 0. The van der Waals surface area contributed by atoms with Gasteiger partial charge in [-0.2, -0.15) is 0 Å². The van der Waals surface area contributed by atoms with Gasteiger partial charge in [0, 0.05) is 44.2 Å². The second kappa shape index (κ2) is 10.1. The van der Waals surface area contributed by atoms with Crippen molar-refractivity contribution in [2.75, 3.05) is 26.3 Å². The molecule has 2 aliphatic rings. The van der Waals surface area contributed by atoms with E-state index < -0.39 is 0 Å². The molecule has 4 nitrogen and oxygen atoms in total. The normalized spacial score (nSPS) is 22.4. The van der Waals surface area contributed by atoms with Gasteiger partial charge in [0.15, 0.2) is 0 Å². The summed E-state index contributed by atoms with van der Waals surface area (Å²) in [6.45, 7) is 3.15. The molecular formula is C23H28ClNO3. The van der Waals surface area contributed by atoms with Crippen molar-refractivity contribution in [3.05, 3.63) is 65.7 Å². The number of rotatable bonds is 6. The molecule has 2 atom stereocenters. The third-order valence-electron chi connectivity index (χ3n) is 5.60. The summed E-state index contributed by atoms with van der Waals surface area (Å²) in [6.07, 6.45) is 2.53. The van der Waals surface area contributed by atoms with Crippen molar-refractivity contribution in [2.45, 2.75) is 31.3 Å². The number of ketones is 1. The molecule has 0 aromatic heterocycles. The maximum atomic E-state index is 13.0. The number of benzene rings is 2. The highest BCUT2D eigenvalue weighted by Gasteiger charge is 2.33. The third kappa shape index (κ3) is 5.13. The van der Waals surface area contributed by atoms with Crippen molar-refractivity contribution in [1.29, 1.82) is 0 Å². The first-order valence-electron chi connectivity index (χ1n) is 9.91. The lowest BCUT2D eigenvalue weighted by Crippen LogP contribution is -2.26. The van der Waals surface area contributed by atoms with Crippen LogP contribution >= 0.6 is 12.4 Å². The summed E-state index contributed by atoms with van der Waals surface area (Å²) in [6, 6.07) is 18.4. The van der Waals surface area contributed by atoms with Gasteiger partial charge in [-0.05, 0) is 23.3 Å². The minimum Gasteiger partial charge on any atom is -0.490 e. The Morgan fingerprint density at radius 3 is 2.61 bits per heavy atom. The van der Waals surface area contributed by atoms with Crippen LogP contribution in [-0.4, -0.2) is 38.2 Å². The quantitative estimate of drug-likeness (QED) is 0.800. The molecule has 150 valence electrons. The topological polar surface area (TPSA) is 47.6 Å². The zero-order chi connectivity index (χ0) is 18.5. The van der Waals surface area contributed by atoms with E-state index in [0.717, 1.165) is 50.5 Å². The van der Waals surface area contributed by atoms with Gasteiger partial charge in [-0.1, -0.05) is 42.5 Å². The Morgan fingerprint density at radius 1 is 1.04 bits per heavy atom. The molecule has 0 saturated carbocycles. The largest absolute Gasteiger partial charge is 0.490 e. The van der Waals surface area contributed by atoms with E-state index in [1.807, 2.05) is 42.5 Å². The van der Waals surface area contributed by atoms with Gasteiger partial charge in [-0.3, -0.25) is 4.79 Å². The van der Waals surface area contributed by atoms with E-state index in [4.69, 9.17) is 9.47 Å². The molecule has 2 aliphatic heterocycles. The minimum atomic E-state index is 0. The molecule has 0 bridgehead atoms. The Kier molecular flexibility index (Phi) is 7.49. The van der Waals surface area contributed by atoms with Gasteiger partial charge >= 0.3 is 0 Å². The molecule has 2 saturated heterocycles. The average molecular weight is 402 g/mol. The highest BCUT2D eigenvalue weighted by molar-refractivity contribution is 5.85. The predicted molar refractivity (Wildman–Crippen MR) is 112 cm³/mol. The SMILES string of the molecule is Cl.O=C(Cc1cccc(OC2CCOCC2)c1)[C@@H]1CNC[C@H]1c1ccccc1. The van der Waals surface area contributed by atoms with Gasteiger partial charge < -0.3 is 14.8 Å². The van der Waals surface area contributed by atoms with Crippen LogP contribution in [-0.2, 0) is 16.0 Å². The van der Waals surface area contributed by atoms with Gasteiger partial charge in [0.2, 0.25) is 0 Å². The molecule has 2 fully saturated rings. The van der Waals surface area contributed by atoms with Crippen molar-refractivity contribution in [3.8, 4) is 5.75 Å². The molecule has 28 heavy (non-hydrogen) atoms. The number of carbonyl (C=O) groups excluding carboxylic acids is 1. The van der Waals surface area contributed by atoms with E-state index in [1.54, 1.807) is 0 Å². The summed E-state index contributed by atoms with van der Waals surface area (Å²) in [4.78, 5) is 13.0. The van der Waals surface area contributed by atoms with Crippen molar-refractivity contribution >= 4 is 18.2 Å². The highest BCUT2D eigenvalue weighted by atomic mass is 35.5. The molecule has 0 radical (unpaired) electrons. The highest BCUT2D eigenvalue weighted by Crippen LogP contribution is 2.30. The summed E-state index contributed by atoms with van der Waals surface area (Å²) in [5, 5.41) is 3.40. The molecular weight excluding hydrogens is 374 g/mol. The fourth-order valence-electron chi connectivity index (χ4n) is 4.11. The van der Waals surface area contributed by atoms with E-state index in [0.29, 0.717) is 12.2 Å². The van der Waals surface area contributed by atoms with Gasteiger partial charge in [-0.15, -0.1) is 12.4 Å². The lowest BCUT2D eigenvalue weighted by Gasteiger charge is -2.23. The van der Waals surface area contributed by atoms with E-state index >= 15 is 0 Å². The summed E-state index contributed by atoms with van der Waals surface area (Å²) < 4.78 is 11.5. The zero-order valence-corrected chi connectivity index (χ0v) is 16.8. The molecule has 2 heterocycles. The van der Waals surface area contributed by atoms with E-state index in [-0.39, 0.29) is 30.3 Å². The second-order valence-electron chi connectivity index (χ2n) is 7.50. The van der Waals surface area contributed by atoms with Crippen molar-refractivity contribution in [3.63, 3.8) is 0 Å². The summed E-state index contributed by atoms with van der Waals surface area (Å²) in [5.74, 6) is 1.46. The molecule has 2 aromatic carbocycles. The van der Waals surface area contributed by atoms with E-state index in [1.165, 1.54) is 5.56 Å². The van der Waals surface area contributed by atoms with Crippen molar-refractivity contribution in [1.82, 2.24) is 5.32 Å². The molecule has 2 aromatic rings. The number of Topliss-reactive ketones (excluding diaryl/α,β-unsaturated/α-hetero) is 1. The first-order chi connectivity index (χ1) is 13.3. The minimum absolute atomic E-state index is 0. The van der Waals surface area contributed by atoms with Gasteiger partial charge in [0.1, 0.15) is 17.6 Å². The standard InChI is InChI=1S/C23H27NO3.ClH/c25-23(22-16-24-15-21(22)18-6-2-1-3-7-18)14-17-5-4-8-20(13-17)27-19-9-11-26-12-10-19;/h1-8,13,19,21-22,24H,9-12,14-16H2;1H/t21-,22+;/m0./s1. The first kappa shape index (κ1) is 20.8. The smallest absolute Gasteiger partial charge is 0.142 e. The summed E-state index contributed by atoms with van der Waals surface area (Å²) in [5.41, 5.74) is 2.28. The Labute approximate surface area is 173 Å². The maximum absolute atomic E-state index is 13.0. The van der Waals surface area contributed by atoms with E-state index in [2.05, 4.69) is 17.4 Å². The van der Waals surface area contributed by atoms with Crippen LogP contribution in [0.2, 0.25) is 0 Å². The summed E-state index contributed by atoms with van der Waals surface area (Å²) >= 11 is 0. The monoisotopic (exact) mass is 401 g/mol. The zero-order valence-electron chi connectivity index (χ0n) is 16.0. The lowest BCUT2D eigenvalue weighted by molar-refractivity contribution is -0.122. The van der Waals surface area contributed by atoms with Crippen LogP contribution in [0.25, 0.3) is 0 Å². The van der Waals surface area contributed by atoms with Crippen LogP contribution < -0.4 is 10.1 Å². The third-order valence-corrected chi connectivity index (χ3v) is 5.60. The molecule has 0 unspecified atom stereocenters. The molecule has 0 spiro atoms. The number of ether oxygens (including phenoxy) is 2. The molecule has 0 amide bonds. The predicted octanol–water partition coefficient (Wildman–Crippen LogP) is 3.78. The number of hydrogen-bond acceptors (Lipinski definition) is 4. The van der Waals surface area contributed by atoms with Crippen molar-refractivity contribution < 1.29 is 14.3 Å². The number of carbonyl (C=O) groups is 1. The molecule has 1 N–H and O–H groups in total. The number of nitrogens with one attached hydrogen (secondary N) is 1. The van der Waals surface area contributed by atoms with Crippen LogP contribution in [0.3, 0.4) is 0 Å². The van der Waals surface area contributed by atoms with Gasteiger partial charge in [-0.25, -0.2) is 0 Å². The van der Waals surface area contributed by atoms with Crippen LogP contribution in [0, 0.1) is 5.92 Å². The Morgan fingerprint density at radius 2 is 1.82 bits per heavy atom.